The molecule has 0 fully saturated rings. The Kier molecular flexibility index (Phi) is 4.56. The smallest absolute Gasteiger partial charge is 0.134 e. The van der Waals surface area contributed by atoms with Gasteiger partial charge in [0.05, 0.1) is 0 Å². The molecule has 1 heterocycles. The molecule has 0 radical (unpaired) electrons. The van der Waals surface area contributed by atoms with Crippen LogP contribution in [-0.2, 0) is 11.2 Å². The molecule has 100 valence electrons. The van der Waals surface area contributed by atoms with Crippen molar-refractivity contribution in [2.24, 2.45) is 0 Å². The SMILES string of the molecule is CC(=O)CCCCc1oc(-c2ccccc2)cc1C. The van der Waals surface area contributed by atoms with Crippen molar-refractivity contribution in [1.82, 2.24) is 0 Å². The first kappa shape index (κ1) is 13.6. The van der Waals surface area contributed by atoms with Crippen molar-refractivity contribution in [3.8, 4) is 11.3 Å². The largest absolute Gasteiger partial charge is 0.461 e. The molecule has 0 amide bonds. The summed E-state index contributed by atoms with van der Waals surface area (Å²) in [5.41, 5.74) is 2.31. The van der Waals surface area contributed by atoms with Gasteiger partial charge >= 0.3 is 0 Å². The third-order valence-corrected chi connectivity index (χ3v) is 3.26. The molecule has 0 N–H and O–H groups in total. The zero-order valence-corrected chi connectivity index (χ0v) is 11.6. The Labute approximate surface area is 114 Å². The predicted octanol–water partition coefficient (Wildman–Crippen LogP) is 4.56. The minimum atomic E-state index is 0.265. The van der Waals surface area contributed by atoms with Crippen LogP contribution in [0.2, 0.25) is 0 Å². The van der Waals surface area contributed by atoms with Crippen LogP contribution in [0.15, 0.2) is 40.8 Å². The van der Waals surface area contributed by atoms with Gasteiger partial charge in [-0.3, -0.25) is 0 Å². The summed E-state index contributed by atoms with van der Waals surface area (Å²) < 4.78 is 5.92. The molecule has 0 aliphatic heterocycles. The summed E-state index contributed by atoms with van der Waals surface area (Å²) in [6, 6.07) is 12.2. The van der Waals surface area contributed by atoms with E-state index in [9.17, 15) is 4.79 Å². The zero-order chi connectivity index (χ0) is 13.7. The van der Waals surface area contributed by atoms with Gasteiger partial charge in [-0.2, -0.15) is 0 Å². The first-order valence-corrected chi connectivity index (χ1v) is 6.81. The van der Waals surface area contributed by atoms with Crippen molar-refractivity contribution in [2.75, 3.05) is 0 Å². The number of furan rings is 1. The van der Waals surface area contributed by atoms with Gasteiger partial charge in [-0.05, 0) is 38.3 Å². The Morgan fingerprint density at radius 2 is 1.89 bits per heavy atom. The normalized spacial score (nSPS) is 10.6. The number of ketones is 1. The number of hydrogen-bond acceptors (Lipinski definition) is 2. The quantitative estimate of drug-likeness (QED) is 0.709. The Morgan fingerprint density at radius 3 is 2.58 bits per heavy atom. The Balaban J connectivity index is 1.99. The van der Waals surface area contributed by atoms with Gasteiger partial charge in [0.1, 0.15) is 17.3 Å². The van der Waals surface area contributed by atoms with Gasteiger partial charge < -0.3 is 9.21 Å². The lowest BCUT2D eigenvalue weighted by atomic mass is 10.1. The number of hydrogen-bond donors (Lipinski definition) is 0. The molecule has 19 heavy (non-hydrogen) atoms. The lowest BCUT2D eigenvalue weighted by Crippen LogP contribution is -1.91. The summed E-state index contributed by atoms with van der Waals surface area (Å²) in [7, 11) is 0. The minimum Gasteiger partial charge on any atom is -0.461 e. The fraction of sp³-hybridized carbons (Fsp3) is 0.353. The molecular formula is C17H20O2. The molecule has 1 aromatic carbocycles. The number of Topliss-reactive ketones (excluding diaryl/α,β-unsaturated/α-hetero) is 1. The van der Waals surface area contributed by atoms with Crippen molar-refractivity contribution >= 4 is 5.78 Å². The molecule has 0 aliphatic rings. The third-order valence-electron chi connectivity index (χ3n) is 3.26. The monoisotopic (exact) mass is 256 g/mol. The van der Waals surface area contributed by atoms with E-state index in [1.165, 1.54) is 5.56 Å². The van der Waals surface area contributed by atoms with E-state index in [2.05, 4.69) is 25.1 Å². The molecule has 0 spiro atoms. The van der Waals surface area contributed by atoms with E-state index in [1.54, 1.807) is 6.92 Å². The van der Waals surface area contributed by atoms with E-state index in [-0.39, 0.29) is 5.78 Å². The van der Waals surface area contributed by atoms with Crippen LogP contribution >= 0.6 is 0 Å². The number of unbranched alkanes of at least 4 members (excludes halogenated alkanes) is 1. The van der Waals surface area contributed by atoms with Gasteiger partial charge in [-0.25, -0.2) is 0 Å². The highest BCUT2D eigenvalue weighted by atomic mass is 16.3. The number of carbonyl (C=O) groups excluding carboxylic acids is 1. The summed E-state index contributed by atoms with van der Waals surface area (Å²) in [4.78, 5) is 10.9. The second kappa shape index (κ2) is 6.37. The van der Waals surface area contributed by atoms with E-state index in [4.69, 9.17) is 4.42 Å². The maximum Gasteiger partial charge on any atom is 0.134 e. The van der Waals surface area contributed by atoms with E-state index in [1.807, 2.05) is 18.2 Å². The number of rotatable bonds is 6. The van der Waals surface area contributed by atoms with Gasteiger partial charge in [0.25, 0.3) is 0 Å². The number of benzene rings is 1. The zero-order valence-electron chi connectivity index (χ0n) is 11.6. The molecule has 0 aliphatic carbocycles. The molecular weight excluding hydrogens is 236 g/mol. The summed E-state index contributed by atoms with van der Waals surface area (Å²) >= 11 is 0. The molecule has 0 saturated carbocycles. The molecule has 0 unspecified atom stereocenters. The van der Waals surface area contributed by atoms with Crippen LogP contribution in [0.1, 0.15) is 37.5 Å². The maximum absolute atomic E-state index is 10.9. The first-order valence-electron chi connectivity index (χ1n) is 6.81. The van der Waals surface area contributed by atoms with Gasteiger partial charge in [-0.1, -0.05) is 30.3 Å². The molecule has 0 saturated heterocycles. The van der Waals surface area contributed by atoms with Crippen LogP contribution in [0, 0.1) is 6.92 Å². The van der Waals surface area contributed by atoms with Crippen LogP contribution in [-0.4, -0.2) is 5.78 Å². The second-order valence-electron chi connectivity index (χ2n) is 4.99. The van der Waals surface area contributed by atoms with Gasteiger partial charge in [-0.15, -0.1) is 0 Å². The maximum atomic E-state index is 10.9. The Morgan fingerprint density at radius 1 is 1.16 bits per heavy atom. The summed E-state index contributed by atoms with van der Waals surface area (Å²) in [6.45, 7) is 3.72. The van der Waals surface area contributed by atoms with Crippen LogP contribution in [0.4, 0.5) is 0 Å². The summed E-state index contributed by atoms with van der Waals surface area (Å²) in [5.74, 6) is 2.24. The van der Waals surface area contributed by atoms with Crippen LogP contribution in [0.25, 0.3) is 11.3 Å². The number of aryl methyl sites for hydroxylation is 2. The lowest BCUT2D eigenvalue weighted by molar-refractivity contribution is -0.117. The van der Waals surface area contributed by atoms with Crippen LogP contribution < -0.4 is 0 Å². The summed E-state index contributed by atoms with van der Waals surface area (Å²) in [6.07, 6.45) is 3.52. The third kappa shape index (κ3) is 3.82. The van der Waals surface area contributed by atoms with Gasteiger partial charge in [0, 0.05) is 18.4 Å². The van der Waals surface area contributed by atoms with Gasteiger partial charge in [0.2, 0.25) is 0 Å². The van der Waals surface area contributed by atoms with Crippen molar-refractivity contribution < 1.29 is 9.21 Å². The van der Waals surface area contributed by atoms with Crippen LogP contribution in [0.3, 0.4) is 0 Å². The molecule has 0 bridgehead atoms. The van der Waals surface area contributed by atoms with Crippen molar-refractivity contribution in [1.29, 1.82) is 0 Å². The van der Waals surface area contributed by atoms with E-state index in [0.29, 0.717) is 6.42 Å². The van der Waals surface area contributed by atoms with Crippen LogP contribution in [0.5, 0.6) is 0 Å². The van der Waals surface area contributed by atoms with Gasteiger partial charge in [0.15, 0.2) is 0 Å². The minimum absolute atomic E-state index is 0.265. The Hall–Kier alpha value is -1.83. The molecule has 2 aromatic rings. The molecule has 2 heteroatoms. The summed E-state index contributed by atoms with van der Waals surface area (Å²) in [5, 5.41) is 0. The lowest BCUT2D eigenvalue weighted by Gasteiger charge is -1.99. The predicted molar refractivity (Wildman–Crippen MR) is 77.1 cm³/mol. The Bertz CT molecular complexity index is 538. The van der Waals surface area contributed by atoms with Crippen molar-refractivity contribution in [2.45, 2.75) is 39.5 Å². The highest BCUT2D eigenvalue weighted by Gasteiger charge is 2.09. The van der Waals surface area contributed by atoms with Crippen molar-refractivity contribution in [3.05, 3.63) is 47.7 Å². The average Bonchev–Trinajstić information content (AvgIpc) is 2.77. The fourth-order valence-corrected chi connectivity index (χ4v) is 2.17. The molecule has 0 atom stereocenters. The standard InChI is InChI=1S/C17H20O2/c1-13-12-17(15-9-4-3-5-10-15)19-16(13)11-7-6-8-14(2)18/h3-5,9-10,12H,6-8,11H2,1-2H3. The van der Waals surface area contributed by atoms with E-state index >= 15 is 0 Å². The van der Waals surface area contributed by atoms with Crippen molar-refractivity contribution in [3.63, 3.8) is 0 Å². The van der Waals surface area contributed by atoms with E-state index < -0.39 is 0 Å². The number of carbonyl (C=O) groups is 1. The highest BCUT2D eigenvalue weighted by molar-refractivity contribution is 5.75. The average molecular weight is 256 g/mol. The molecule has 1 aromatic heterocycles. The molecule has 2 nitrogen and oxygen atoms in total. The topological polar surface area (TPSA) is 30.2 Å². The first-order chi connectivity index (χ1) is 9.16. The molecule has 2 rings (SSSR count). The fourth-order valence-electron chi connectivity index (χ4n) is 2.17. The van der Waals surface area contributed by atoms with E-state index in [0.717, 1.165) is 36.3 Å². The second-order valence-corrected chi connectivity index (χ2v) is 4.99. The highest BCUT2D eigenvalue weighted by Crippen LogP contribution is 2.26.